The maximum atomic E-state index is 11.2. The van der Waals surface area contributed by atoms with Gasteiger partial charge in [0.15, 0.2) is 0 Å². The van der Waals surface area contributed by atoms with E-state index in [1.165, 1.54) is 0 Å². The molecule has 5 nitrogen and oxygen atoms in total. The van der Waals surface area contributed by atoms with Crippen LogP contribution in [0.15, 0.2) is 53.5 Å². The molecule has 0 aliphatic rings. The number of benzene rings is 2. The summed E-state index contributed by atoms with van der Waals surface area (Å²) in [7, 11) is 4.02. The molecule has 1 heterocycles. The highest BCUT2D eigenvalue weighted by atomic mass is 16.4. The van der Waals surface area contributed by atoms with E-state index < -0.39 is 5.97 Å². The van der Waals surface area contributed by atoms with Gasteiger partial charge in [-0.3, -0.25) is 4.99 Å². The lowest BCUT2D eigenvalue weighted by atomic mass is 10.1. The molecule has 0 aliphatic heterocycles. The molecule has 3 rings (SSSR count). The molecule has 0 aliphatic carbocycles. The molecule has 0 unspecified atom stereocenters. The highest BCUT2D eigenvalue weighted by Gasteiger charge is 2.13. The quantitative estimate of drug-likeness (QED) is 0.644. The normalized spacial score (nSPS) is 11.2. The highest BCUT2D eigenvalue weighted by molar-refractivity contribution is 5.88. The van der Waals surface area contributed by atoms with Crippen molar-refractivity contribution in [2.24, 2.45) is 4.99 Å². The van der Waals surface area contributed by atoms with E-state index in [4.69, 9.17) is 0 Å². The van der Waals surface area contributed by atoms with Crippen LogP contribution in [0.25, 0.3) is 5.69 Å². The lowest BCUT2D eigenvalue weighted by Crippen LogP contribution is -2.07. The van der Waals surface area contributed by atoms with E-state index in [2.05, 4.69) is 20.5 Å². The van der Waals surface area contributed by atoms with Gasteiger partial charge in [-0.05, 0) is 74.9 Å². The topological polar surface area (TPSA) is 57.8 Å². The minimum atomic E-state index is -0.913. The van der Waals surface area contributed by atoms with Gasteiger partial charge in [0.25, 0.3) is 0 Å². The molecule has 0 atom stereocenters. The van der Waals surface area contributed by atoms with Gasteiger partial charge in [0, 0.05) is 48.6 Å². The Bertz CT molecular complexity index is 1040. The number of aryl methyl sites for hydroxylation is 2. The Morgan fingerprint density at radius 1 is 1.04 bits per heavy atom. The minimum absolute atomic E-state index is 0.298. The number of aromatic carboxylic acids is 1. The average molecular weight is 375 g/mol. The number of nitrogens with zero attached hydrogens (tertiary/aromatic N) is 3. The van der Waals surface area contributed by atoms with E-state index in [0.717, 1.165) is 39.6 Å². The summed E-state index contributed by atoms with van der Waals surface area (Å²) in [6, 6.07) is 15.4. The van der Waals surface area contributed by atoms with Gasteiger partial charge in [0.1, 0.15) is 0 Å². The number of hydrogen-bond donors (Lipinski definition) is 1. The molecule has 28 heavy (non-hydrogen) atoms. The van der Waals surface area contributed by atoms with Crippen molar-refractivity contribution in [1.82, 2.24) is 4.57 Å². The first-order chi connectivity index (χ1) is 13.3. The third-order valence-electron chi connectivity index (χ3n) is 4.87. The van der Waals surface area contributed by atoms with Gasteiger partial charge in [0.2, 0.25) is 0 Å². The van der Waals surface area contributed by atoms with Crippen molar-refractivity contribution in [2.45, 2.75) is 20.8 Å². The lowest BCUT2D eigenvalue weighted by Gasteiger charge is -2.13. The maximum Gasteiger partial charge on any atom is 0.335 e. The number of anilines is 1. The predicted octanol–water partition coefficient (Wildman–Crippen LogP) is 4.92. The average Bonchev–Trinajstić information content (AvgIpc) is 2.94. The van der Waals surface area contributed by atoms with Gasteiger partial charge in [-0.25, -0.2) is 4.79 Å². The van der Waals surface area contributed by atoms with Crippen LogP contribution in [-0.2, 0) is 0 Å². The number of rotatable bonds is 5. The van der Waals surface area contributed by atoms with Crippen LogP contribution in [0.2, 0.25) is 0 Å². The zero-order chi connectivity index (χ0) is 20.4. The Balaban J connectivity index is 1.93. The first-order valence-corrected chi connectivity index (χ1v) is 9.12. The molecule has 3 aromatic rings. The van der Waals surface area contributed by atoms with Crippen LogP contribution in [0, 0.1) is 20.8 Å². The summed E-state index contributed by atoms with van der Waals surface area (Å²) in [4.78, 5) is 17.9. The Morgan fingerprint density at radius 2 is 1.71 bits per heavy atom. The van der Waals surface area contributed by atoms with E-state index in [-0.39, 0.29) is 0 Å². The van der Waals surface area contributed by atoms with Gasteiger partial charge in [-0.1, -0.05) is 0 Å². The number of carbonyl (C=O) groups is 1. The lowest BCUT2D eigenvalue weighted by molar-refractivity contribution is 0.0697. The molecule has 1 N–H and O–H groups in total. The number of hydrogen-bond acceptors (Lipinski definition) is 3. The largest absolute Gasteiger partial charge is 0.478 e. The van der Waals surface area contributed by atoms with Crippen LogP contribution in [0.1, 0.15) is 32.9 Å². The van der Waals surface area contributed by atoms with Crippen LogP contribution in [0.3, 0.4) is 0 Å². The van der Waals surface area contributed by atoms with Crippen molar-refractivity contribution in [3.63, 3.8) is 0 Å². The molecule has 0 fully saturated rings. The molecule has 0 saturated heterocycles. The van der Waals surface area contributed by atoms with Crippen LogP contribution >= 0.6 is 0 Å². The second-order valence-corrected chi connectivity index (χ2v) is 7.14. The third-order valence-corrected chi connectivity index (χ3v) is 4.87. The predicted molar refractivity (Wildman–Crippen MR) is 115 cm³/mol. The zero-order valence-corrected chi connectivity index (χ0v) is 16.9. The van der Waals surface area contributed by atoms with Crippen LogP contribution in [0.5, 0.6) is 0 Å². The van der Waals surface area contributed by atoms with Crippen molar-refractivity contribution in [2.75, 3.05) is 19.0 Å². The summed E-state index contributed by atoms with van der Waals surface area (Å²) in [5.74, 6) is -0.913. The molecular weight excluding hydrogens is 350 g/mol. The molecule has 0 saturated carbocycles. The molecule has 0 spiro atoms. The molecular formula is C23H25N3O2. The SMILES string of the molecule is Cc1cc(C(=O)O)ccc1-n1c(C)cc(C=Nc2ccc(N(C)C)cc2)c1C. The summed E-state index contributed by atoms with van der Waals surface area (Å²) in [5, 5.41) is 9.18. The van der Waals surface area contributed by atoms with E-state index in [1.807, 2.05) is 71.4 Å². The van der Waals surface area contributed by atoms with Crippen LogP contribution in [-0.4, -0.2) is 36.0 Å². The summed E-state index contributed by atoms with van der Waals surface area (Å²) in [6.45, 7) is 6.02. The highest BCUT2D eigenvalue weighted by Crippen LogP contribution is 2.24. The second kappa shape index (κ2) is 7.72. The fourth-order valence-electron chi connectivity index (χ4n) is 3.31. The summed E-state index contributed by atoms with van der Waals surface area (Å²) >= 11 is 0. The van der Waals surface area contributed by atoms with Crippen LogP contribution in [0.4, 0.5) is 11.4 Å². The molecule has 0 bridgehead atoms. The zero-order valence-electron chi connectivity index (χ0n) is 16.9. The second-order valence-electron chi connectivity index (χ2n) is 7.14. The molecule has 1 aromatic heterocycles. The maximum absolute atomic E-state index is 11.2. The summed E-state index contributed by atoms with van der Waals surface area (Å²) < 4.78 is 2.14. The number of aliphatic imine (C=N–C) groups is 1. The third kappa shape index (κ3) is 3.83. The number of carboxylic acids is 1. The smallest absolute Gasteiger partial charge is 0.335 e. The monoisotopic (exact) mass is 375 g/mol. The van der Waals surface area contributed by atoms with Crippen molar-refractivity contribution < 1.29 is 9.90 Å². The van der Waals surface area contributed by atoms with Crippen molar-refractivity contribution in [3.8, 4) is 5.69 Å². The van der Waals surface area contributed by atoms with Gasteiger partial charge in [-0.2, -0.15) is 0 Å². The Morgan fingerprint density at radius 3 is 2.29 bits per heavy atom. The Labute approximate surface area is 165 Å². The summed E-state index contributed by atoms with van der Waals surface area (Å²) in [6.07, 6.45) is 1.88. The van der Waals surface area contributed by atoms with Crippen LogP contribution < -0.4 is 4.90 Å². The van der Waals surface area contributed by atoms with Gasteiger partial charge in [0.05, 0.1) is 11.3 Å². The molecule has 144 valence electrons. The van der Waals surface area contributed by atoms with Crippen molar-refractivity contribution >= 4 is 23.6 Å². The first-order valence-electron chi connectivity index (χ1n) is 9.12. The fraction of sp³-hybridized carbons (Fsp3) is 0.217. The standard InChI is InChI=1S/C23H25N3O2/c1-15-12-18(23(27)28)6-11-22(15)26-16(2)13-19(17(26)3)14-24-20-7-9-21(10-8-20)25(4)5/h6-14H,1-5H3,(H,27,28). The fourth-order valence-corrected chi connectivity index (χ4v) is 3.31. The van der Waals surface area contributed by atoms with Crippen molar-refractivity contribution in [1.29, 1.82) is 0 Å². The van der Waals surface area contributed by atoms with Gasteiger partial charge in [-0.15, -0.1) is 0 Å². The molecule has 0 radical (unpaired) electrons. The Hall–Kier alpha value is -3.34. The van der Waals surface area contributed by atoms with E-state index in [0.29, 0.717) is 5.56 Å². The minimum Gasteiger partial charge on any atom is -0.478 e. The van der Waals surface area contributed by atoms with E-state index in [9.17, 15) is 9.90 Å². The molecule has 0 amide bonds. The van der Waals surface area contributed by atoms with Gasteiger partial charge >= 0.3 is 5.97 Å². The van der Waals surface area contributed by atoms with Crippen molar-refractivity contribution in [3.05, 3.63) is 76.6 Å². The van der Waals surface area contributed by atoms with E-state index >= 15 is 0 Å². The number of aromatic nitrogens is 1. The van der Waals surface area contributed by atoms with Gasteiger partial charge < -0.3 is 14.6 Å². The molecule has 5 heteroatoms. The number of carboxylic acid groups (broad SMARTS) is 1. The Kier molecular flexibility index (Phi) is 5.36. The first kappa shape index (κ1) is 19.4. The molecule has 2 aromatic carbocycles. The van der Waals surface area contributed by atoms with E-state index in [1.54, 1.807) is 12.1 Å². The summed E-state index contributed by atoms with van der Waals surface area (Å²) in [5.41, 5.74) is 7.42.